The number of fused-ring (bicyclic) bond motifs is 1. The lowest BCUT2D eigenvalue weighted by atomic mass is 9.99. The number of carbonyl (C=O) groups excluding carboxylic acids is 1. The molecule has 1 saturated heterocycles. The summed E-state index contributed by atoms with van der Waals surface area (Å²) in [6.45, 7) is 6.07. The molecule has 3 heterocycles. The monoisotopic (exact) mass is 398 g/mol. The number of amides is 1. The summed E-state index contributed by atoms with van der Waals surface area (Å²) in [7, 11) is 0. The number of hydrogen-bond donors (Lipinski definition) is 0. The molecule has 1 aliphatic rings. The topological polar surface area (TPSA) is 59.0 Å². The smallest absolute Gasteiger partial charge is 0.232 e. The van der Waals surface area contributed by atoms with E-state index in [0.29, 0.717) is 5.75 Å². The van der Waals surface area contributed by atoms with Crippen molar-refractivity contribution in [1.29, 1.82) is 0 Å². The van der Waals surface area contributed by atoms with E-state index < -0.39 is 0 Å². The minimum Gasteiger partial charge on any atom is -0.342 e. The van der Waals surface area contributed by atoms with Crippen LogP contribution < -0.4 is 0 Å². The summed E-state index contributed by atoms with van der Waals surface area (Å²) in [6.07, 6.45) is 3.77. The largest absolute Gasteiger partial charge is 0.342 e. The molecule has 0 spiro atoms. The van der Waals surface area contributed by atoms with Gasteiger partial charge in [0.25, 0.3) is 0 Å². The molecule has 0 radical (unpaired) electrons. The minimum atomic E-state index is 0.196. The van der Waals surface area contributed by atoms with E-state index >= 15 is 0 Å². The van der Waals surface area contributed by atoms with Crippen molar-refractivity contribution < 1.29 is 4.79 Å². The number of hydrogen-bond acceptors (Lipinski definition) is 6. The Morgan fingerprint density at radius 2 is 1.96 bits per heavy atom. The molecule has 3 aromatic rings. The second-order valence-corrected chi connectivity index (χ2v) is 8.84. The van der Waals surface area contributed by atoms with Gasteiger partial charge in [-0.1, -0.05) is 48.5 Å². The standard InChI is InChI=1S/C20H22N4OS2/c1-13-3-5-15(6-4-13)17-18-19(27-23-17)20(22-12-21-18)26-11-16(25)24-9-7-14(2)8-10-24/h3-6,12,14H,7-11H2,1-2H3. The van der Waals surface area contributed by atoms with Gasteiger partial charge in [0.2, 0.25) is 5.91 Å². The predicted octanol–water partition coefficient (Wildman–Crippen LogP) is 4.41. The number of carbonyl (C=O) groups is 1. The molecule has 5 nitrogen and oxygen atoms in total. The third kappa shape index (κ3) is 3.99. The van der Waals surface area contributed by atoms with E-state index in [0.717, 1.165) is 58.3 Å². The first-order chi connectivity index (χ1) is 13.1. The first-order valence-corrected chi connectivity index (χ1v) is 11.0. The van der Waals surface area contributed by atoms with E-state index in [9.17, 15) is 4.79 Å². The molecule has 4 rings (SSSR count). The highest BCUT2D eigenvalue weighted by Gasteiger charge is 2.21. The van der Waals surface area contributed by atoms with E-state index in [1.807, 2.05) is 4.90 Å². The van der Waals surface area contributed by atoms with Crippen molar-refractivity contribution in [2.75, 3.05) is 18.8 Å². The van der Waals surface area contributed by atoms with Gasteiger partial charge in [-0.05, 0) is 37.2 Å². The van der Waals surface area contributed by atoms with Crippen molar-refractivity contribution in [3.8, 4) is 11.3 Å². The lowest BCUT2D eigenvalue weighted by Gasteiger charge is -2.30. The van der Waals surface area contributed by atoms with Crippen LogP contribution in [0, 0.1) is 12.8 Å². The fraction of sp³-hybridized carbons (Fsp3) is 0.400. The van der Waals surface area contributed by atoms with Gasteiger partial charge < -0.3 is 4.90 Å². The van der Waals surface area contributed by atoms with E-state index in [4.69, 9.17) is 0 Å². The predicted molar refractivity (Wildman–Crippen MR) is 111 cm³/mol. The van der Waals surface area contributed by atoms with Crippen molar-refractivity contribution in [3.05, 3.63) is 36.2 Å². The average Bonchev–Trinajstić information content (AvgIpc) is 3.12. The molecular weight excluding hydrogens is 376 g/mol. The quantitative estimate of drug-likeness (QED) is 0.481. The molecule has 1 fully saturated rings. The molecular formula is C20H22N4OS2. The molecule has 1 aliphatic heterocycles. The van der Waals surface area contributed by atoms with Crippen molar-refractivity contribution in [2.45, 2.75) is 31.7 Å². The summed E-state index contributed by atoms with van der Waals surface area (Å²) in [5.41, 5.74) is 4.02. The summed E-state index contributed by atoms with van der Waals surface area (Å²) in [5, 5.41) is 0.842. The van der Waals surface area contributed by atoms with Gasteiger partial charge in [0.15, 0.2) is 0 Å². The van der Waals surface area contributed by atoms with E-state index in [-0.39, 0.29) is 5.91 Å². The van der Waals surface area contributed by atoms with Gasteiger partial charge in [-0.25, -0.2) is 9.97 Å². The van der Waals surface area contributed by atoms with Crippen LogP contribution in [0.1, 0.15) is 25.3 Å². The molecule has 1 amide bonds. The molecule has 0 unspecified atom stereocenters. The molecule has 0 N–H and O–H groups in total. The highest BCUT2D eigenvalue weighted by atomic mass is 32.2. The first-order valence-electron chi connectivity index (χ1n) is 9.20. The van der Waals surface area contributed by atoms with Crippen molar-refractivity contribution >= 4 is 39.4 Å². The maximum atomic E-state index is 12.5. The van der Waals surface area contributed by atoms with Gasteiger partial charge in [0, 0.05) is 18.7 Å². The van der Waals surface area contributed by atoms with Crippen molar-refractivity contribution in [1.82, 2.24) is 19.2 Å². The zero-order valence-corrected chi connectivity index (χ0v) is 17.1. The number of thioether (sulfide) groups is 1. The van der Waals surface area contributed by atoms with Gasteiger partial charge in [-0.15, -0.1) is 0 Å². The van der Waals surface area contributed by atoms with Gasteiger partial charge >= 0.3 is 0 Å². The molecule has 140 valence electrons. The maximum Gasteiger partial charge on any atom is 0.232 e. The summed E-state index contributed by atoms with van der Waals surface area (Å²) in [5.74, 6) is 1.33. The third-order valence-corrected chi connectivity index (χ3v) is 6.96. The molecule has 0 atom stereocenters. The summed E-state index contributed by atoms with van der Waals surface area (Å²) >= 11 is 2.90. The van der Waals surface area contributed by atoms with Gasteiger partial charge in [0.05, 0.1) is 5.75 Å². The van der Waals surface area contributed by atoms with Crippen molar-refractivity contribution in [3.63, 3.8) is 0 Å². The second kappa shape index (κ2) is 7.94. The molecule has 7 heteroatoms. The molecule has 27 heavy (non-hydrogen) atoms. The number of benzene rings is 1. The Morgan fingerprint density at radius 3 is 2.70 bits per heavy atom. The number of aromatic nitrogens is 3. The third-order valence-electron chi connectivity index (χ3n) is 5.02. The van der Waals surface area contributed by atoms with Crippen LogP contribution >= 0.6 is 23.3 Å². The minimum absolute atomic E-state index is 0.196. The van der Waals surface area contributed by atoms with Gasteiger partial charge in [-0.2, -0.15) is 4.37 Å². The van der Waals surface area contributed by atoms with Gasteiger partial charge in [0.1, 0.15) is 27.3 Å². The van der Waals surface area contributed by atoms with Gasteiger partial charge in [-0.3, -0.25) is 4.79 Å². The Labute approximate surface area is 167 Å². The molecule has 1 aromatic carbocycles. The van der Waals surface area contributed by atoms with Crippen LogP contribution in [0.15, 0.2) is 35.6 Å². The number of aryl methyl sites for hydroxylation is 1. The number of rotatable bonds is 4. The highest BCUT2D eigenvalue weighted by Crippen LogP contribution is 2.34. The van der Waals surface area contributed by atoms with Crippen molar-refractivity contribution in [2.24, 2.45) is 5.92 Å². The average molecular weight is 399 g/mol. The van der Waals surface area contributed by atoms with E-state index in [1.165, 1.54) is 28.9 Å². The second-order valence-electron chi connectivity index (χ2n) is 7.11. The lowest BCUT2D eigenvalue weighted by Crippen LogP contribution is -2.38. The van der Waals surface area contributed by atoms with Crippen LogP contribution in [0.2, 0.25) is 0 Å². The van der Waals surface area contributed by atoms with Crippen LogP contribution in [-0.4, -0.2) is 44.0 Å². The van der Waals surface area contributed by atoms with Crippen LogP contribution in [-0.2, 0) is 4.79 Å². The van der Waals surface area contributed by atoms with Crippen LogP contribution in [0.4, 0.5) is 0 Å². The van der Waals surface area contributed by atoms with Crippen LogP contribution in [0.5, 0.6) is 0 Å². The number of nitrogens with zero attached hydrogens (tertiary/aromatic N) is 4. The first kappa shape index (κ1) is 18.4. The molecule has 2 aromatic heterocycles. The Kier molecular flexibility index (Phi) is 5.41. The Bertz CT molecular complexity index is 946. The fourth-order valence-corrected chi connectivity index (χ4v) is 5.05. The summed E-state index contributed by atoms with van der Waals surface area (Å²) < 4.78 is 5.57. The van der Waals surface area contributed by atoms with Crippen LogP contribution in [0.3, 0.4) is 0 Å². The normalized spacial score (nSPS) is 15.4. The molecule has 0 aliphatic carbocycles. The molecule has 0 saturated carbocycles. The van der Waals surface area contributed by atoms with Crippen LogP contribution in [0.25, 0.3) is 21.5 Å². The Balaban J connectivity index is 1.51. The lowest BCUT2D eigenvalue weighted by molar-refractivity contribution is -0.129. The summed E-state index contributed by atoms with van der Waals surface area (Å²) in [4.78, 5) is 23.4. The Morgan fingerprint density at radius 1 is 1.22 bits per heavy atom. The number of likely N-dealkylation sites (tertiary alicyclic amines) is 1. The Hall–Kier alpha value is -1.99. The fourth-order valence-electron chi connectivity index (χ4n) is 3.23. The SMILES string of the molecule is Cc1ccc(-c2nsc3c(SCC(=O)N4CCC(C)CC4)ncnc23)cc1. The van der Waals surface area contributed by atoms with E-state index in [2.05, 4.69) is 52.5 Å². The molecule has 0 bridgehead atoms. The van der Waals surface area contributed by atoms with E-state index in [1.54, 1.807) is 6.33 Å². The highest BCUT2D eigenvalue weighted by molar-refractivity contribution is 8.00. The number of piperidine rings is 1. The summed E-state index contributed by atoms with van der Waals surface area (Å²) in [6, 6.07) is 8.30. The zero-order valence-electron chi connectivity index (χ0n) is 15.5. The maximum absolute atomic E-state index is 12.5. The zero-order chi connectivity index (χ0) is 18.8.